The van der Waals surface area contributed by atoms with Gasteiger partial charge >= 0.3 is 5.65 Å². The van der Waals surface area contributed by atoms with E-state index < -0.39 is 7.26 Å². The Morgan fingerprint density at radius 1 is 0.955 bits per heavy atom. The lowest BCUT2D eigenvalue weighted by Crippen LogP contribution is -2.31. The largest absolute Gasteiger partial charge is 0.365 e. The molecule has 110 valence electrons. The zero-order chi connectivity index (χ0) is 15.7. The Hall–Kier alpha value is -2.10. The second-order valence-corrected chi connectivity index (χ2v) is 10.7. The fourth-order valence-electron chi connectivity index (χ4n) is 2.52. The number of benzene rings is 2. The summed E-state index contributed by atoms with van der Waals surface area (Å²) in [4.78, 5) is 14.9. The normalized spacial score (nSPS) is 13.1. The molecule has 22 heavy (non-hydrogen) atoms. The molecule has 0 saturated carbocycles. The highest BCUT2D eigenvalue weighted by molar-refractivity contribution is 7.89. The SMILES string of the molecule is C[P+](C)(C)C(=O)N1Cc2ccccc2C#Cc2ccccc21. The Balaban J connectivity index is 2.20. The Morgan fingerprint density at radius 3 is 2.27 bits per heavy atom. The molecule has 0 saturated heterocycles. The van der Waals surface area contributed by atoms with Crippen LogP contribution in [0.25, 0.3) is 0 Å². The highest BCUT2D eigenvalue weighted by atomic mass is 31.2. The van der Waals surface area contributed by atoms with Crippen molar-refractivity contribution in [2.75, 3.05) is 24.9 Å². The lowest BCUT2D eigenvalue weighted by Gasteiger charge is -2.27. The maximum atomic E-state index is 13.0. The second-order valence-electron chi connectivity index (χ2n) is 6.31. The molecule has 0 fully saturated rings. The first-order valence-electron chi connectivity index (χ1n) is 7.29. The van der Waals surface area contributed by atoms with E-state index in [9.17, 15) is 4.79 Å². The van der Waals surface area contributed by atoms with Gasteiger partial charge in [0.2, 0.25) is 0 Å². The van der Waals surface area contributed by atoms with Gasteiger partial charge < -0.3 is 0 Å². The van der Waals surface area contributed by atoms with Gasteiger partial charge in [0.25, 0.3) is 0 Å². The summed E-state index contributed by atoms with van der Waals surface area (Å²) in [6, 6.07) is 16.0. The number of hydrogen-bond acceptors (Lipinski definition) is 1. The van der Waals surface area contributed by atoms with Crippen LogP contribution in [0.4, 0.5) is 10.5 Å². The summed E-state index contributed by atoms with van der Waals surface area (Å²) in [7, 11) is -1.64. The molecule has 0 N–H and O–H groups in total. The van der Waals surface area contributed by atoms with Gasteiger partial charge in [-0.1, -0.05) is 42.2 Å². The maximum absolute atomic E-state index is 13.0. The molecule has 0 aromatic heterocycles. The molecule has 0 unspecified atom stereocenters. The molecule has 0 spiro atoms. The van der Waals surface area contributed by atoms with Gasteiger partial charge in [-0.2, -0.15) is 0 Å². The highest BCUT2D eigenvalue weighted by Crippen LogP contribution is 2.50. The Bertz CT molecular complexity index is 793. The van der Waals surface area contributed by atoms with Gasteiger partial charge in [-0.15, -0.1) is 0 Å². The van der Waals surface area contributed by atoms with Crippen LogP contribution >= 0.6 is 7.26 Å². The van der Waals surface area contributed by atoms with Crippen molar-refractivity contribution in [2.45, 2.75) is 6.54 Å². The van der Waals surface area contributed by atoms with Crippen LogP contribution in [0, 0.1) is 11.8 Å². The number of carbonyl (C=O) groups excluding carboxylic acids is 1. The predicted octanol–water partition coefficient (Wildman–Crippen LogP) is 4.43. The lowest BCUT2D eigenvalue weighted by molar-refractivity contribution is 0.263. The molecule has 2 aromatic carbocycles. The van der Waals surface area contributed by atoms with Gasteiger partial charge in [-0.25, -0.2) is 4.79 Å². The van der Waals surface area contributed by atoms with Gasteiger partial charge in [-0.3, -0.25) is 4.90 Å². The van der Waals surface area contributed by atoms with Crippen LogP contribution in [0.15, 0.2) is 48.5 Å². The molecular weight excluding hydrogens is 289 g/mol. The smallest absolute Gasteiger partial charge is 0.274 e. The number of anilines is 1. The molecule has 1 heterocycles. The third kappa shape index (κ3) is 2.78. The van der Waals surface area contributed by atoms with Gasteiger partial charge in [0.1, 0.15) is 7.26 Å². The van der Waals surface area contributed by atoms with Crippen molar-refractivity contribution in [2.24, 2.45) is 0 Å². The van der Waals surface area contributed by atoms with Crippen molar-refractivity contribution in [1.82, 2.24) is 0 Å². The number of para-hydroxylation sites is 1. The molecule has 0 radical (unpaired) electrons. The molecule has 1 aliphatic rings. The minimum absolute atomic E-state index is 0.221. The van der Waals surface area contributed by atoms with Crippen LogP contribution in [-0.4, -0.2) is 25.6 Å². The van der Waals surface area contributed by atoms with Crippen molar-refractivity contribution in [3.05, 3.63) is 65.2 Å². The topological polar surface area (TPSA) is 20.3 Å². The molecular formula is C19H19NOP+. The van der Waals surface area contributed by atoms with Crippen LogP contribution in [0.3, 0.4) is 0 Å². The molecule has 2 aromatic rings. The summed E-state index contributed by atoms with van der Waals surface area (Å²) in [5.41, 5.74) is 4.16. The standard InChI is InChI=1S/C19H19NOP/c1-22(2,3)19(21)20-14-17-10-5-4-8-15(17)12-13-16-9-6-7-11-18(16)20/h4-11H,14H2,1-3H3/q+1. The third-order valence-corrected chi connectivity index (χ3v) is 5.07. The molecule has 1 aliphatic heterocycles. The number of rotatable bonds is 1. The van der Waals surface area contributed by atoms with Crippen LogP contribution in [0.1, 0.15) is 16.7 Å². The Morgan fingerprint density at radius 2 is 1.55 bits per heavy atom. The van der Waals surface area contributed by atoms with E-state index in [1.165, 1.54) is 0 Å². The first-order valence-corrected chi connectivity index (χ1v) is 10.4. The average molecular weight is 308 g/mol. The summed E-state index contributed by atoms with van der Waals surface area (Å²) in [6.07, 6.45) is 0. The second kappa shape index (κ2) is 5.59. The first kappa shape index (κ1) is 14.8. The van der Waals surface area contributed by atoms with E-state index in [-0.39, 0.29) is 5.65 Å². The summed E-state index contributed by atoms with van der Waals surface area (Å²) >= 11 is 0. The van der Waals surface area contributed by atoms with Crippen LogP contribution in [0.2, 0.25) is 0 Å². The van der Waals surface area contributed by atoms with Crippen molar-refractivity contribution in [1.29, 1.82) is 0 Å². The fraction of sp³-hybridized carbons (Fsp3) is 0.211. The molecule has 0 bridgehead atoms. The Kier molecular flexibility index (Phi) is 3.77. The summed E-state index contributed by atoms with van der Waals surface area (Å²) < 4.78 is 0. The molecule has 3 heteroatoms. The number of nitrogens with zero attached hydrogens (tertiary/aromatic N) is 1. The van der Waals surface area contributed by atoms with Gasteiger partial charge in [0.05, 0.1) is 32.2 Å². The molecule has 3 rings (SSSR count). The fourth-order valence-corrected chi connectivity index (χ4v) is 3.42. The number of carbonyl (C=O) groups is 1. The van der Waals surface area contributed by atoms with Crippen molar-refractivity contribution in [3.8, 4) is 11.8 Å². The summed E-state index contributed by atoms with van der Waals surface area (Å²) in [5.74, 6) is 6.47. The Labute approximate surface area is 132 Å². The number of fused-ring (bicyclic) bond motifs is 2. The zero-order valence-corrected chi connectivity index (χ0v) is 14.0. The van der Waals surface area contributed by atoms with Crippen molar-refractivity contribution >= 4 is 18.6 Å². The van der Waals surface area contributed by atoms with E-state index in [1.54, 1.807) is 0 Å². The van der Waals surface area contributed by atoms with Crippen molar-refractivity contribution < 1.29 is 4.79 Å². The lowest BCUT2D eigenvalue weighted by atomic mass is 10.0. The van der Waals surface area contributed by atoms with Crippen LogP contribution in [0.5, 0.6) is 0 Å². The van der Waals surface area contributed by atoms with E-state index >= 15 is 0 Å². The predicted molar refractivity (Wildman–Crippen MR) is 95.1 cm³/mol. The number of amides is 1. The molecule has 2 nitrogen and oxygen atoms in total. The minimum atomic E-state index is -1.64. The zero-order valence-electron chi connectivity index (χ0n) is 13.1. The highest BCUT2D eigenvalue weighted by Gasteiger charge is 2.36. The van der Waals surface area contributed by atoms with E-state index in [0.717, 1.165) is 22.4 Å². The average Bonchev–Trinajstić information content (AvgIpc) is 2.48. The number of hydrogen-bond donors (Lipinski definition) is 0. The molecule has 1 amide bonds. The van der Waals surface area contributed by atoms with Crippen LogP contribution in [-0.2, 0) is 6.54 Å². The summed E-state index contributed by atoms with van der Waals surface area (Å²) in [6.45, 7) is 6.77. The maximum Gasteiger partial charge on any atom is 0.365 e. The van der Waals surface area contributed by atoms with Gasteiger partial charge in [-0.05, 0) is 23.8 Å². The van der Waals surface area contributed by atoms with E-state index in [2.05, 4.69) is 37.9 Å². The third-order valence-electron chi connectivity index (χ3n) is 3.68. The monoisotopic (exact) mass is 308 g/mol. The van der Waals surface area contributed by atoms with Gasteiger partial charge in [0, 0.05) is 11.1 Å². The van der Waals surface area contributed by atoms with Crippen LogP contribution < -0.4 is 4.90 Å². The van der Waals surface area contributed by atoms with E-state index in [4.69, 9.17) is 0 Å². The quantitative estimate of drug-likeness (QED) is 0.563. The molecule has 0 atom stereocenters. The first-order chi connectivity index (χ1) is 10.5. The van der Waals surface area contributed by atoms with E-state index in [1.807, 2.05) is 47.4 Å². The van der Waals surface area contributed by atoms with Crippen molar-refractivity contribution in [3.63, 3.8) is 0 Å². The summed E-state index contributed by atoms with van der Waals surface area (Å²) in [5, 5.41) is 0. The molecule has 0 aliphatic carbocycles. The minimum Gasteiger partial charge on any atom is -0.274 e. The van der Waals surface area contributed by atoms with Gasteiger partial charge in [0.15, 0.2) is 0 Å². The van der Waals surface area contributed by atoms with E-state index in [0.29, 0.717) is 6.54 Å².